The van der Waals surface area contributed by atoms with Crippen LogP contribution in [-0.2, 0) is 13.6 Å². The Labute approximate surface area is 200 Å². The van der Waals surface area contributed by atoms with Gasteiger partial charge in [-0.05, 0) is 31.2 Å². The number of aryl methyl sites for hydroxylation is 1. The Balaban J connectivity index is 1.55. The molecule has 176 valence electrons. The van der Waals surface area contributed by atoms with Gasteiger partial charge in [0, 0.05) is 31.0 Å². The molecule has 0 bridgehead atoms. The molecule has 1 amide bonds. The monoisotopic (exact) mass is 470 g/mol. The molecule has 4 heterocycles. The number of nitrogens with one attached hydrogen (secondary N) is 2. The number of hydrogen-bond acceptors (Lipinski definition) is 8. The van der Waals surface area contributed by atoms with E-state index in [1.54, 1.807) is 51.8 Å². The SMILES string of the molecule is COc1ccc(C#N)cc1-c1nn(Cc2nncn2C)cc1NC(=O)c1cnn2c1NC(C)C=C2. The van der Waals surface area contributed by atoms with Crippen molar-refractivity contribution < 1.29 is 9.53 Å². The van der Waals surface area contributed by atoms with E-state index in [1.807, 2.05) is 26.2 Å². The third-order valence-electron chi connectivity index (χ3n) is 5.62. The molecule has 12 heteroatoms. The van der Waals surface area contributed by atoms with Crippen LogP contribution >= 0.6 is 0 Å². The topological polar surface area (TPSA) is 140 Å². The van der Waals surface area contributed by atoms with Gasteiger partial charge in [0.15, 0.2) is 5.82 Å². The van der Waals surface area contributed by atoms with Crippen LogP contribution in [0.2, 0.25) is 0 Å². The third kappa shape index (κ3) is 4.10. The molecule has 1 unspecified atom stereocenters. The predicted molar refractivity (Wildman–Crippen MR) is 128 cm³/mol. The maximum atomic E-state index is 13.3. The first-order valence-electron chi connectivity index (χ1n) is 10.8. The number of aromatic nitrogens is 7. The molecule has 0 radical (unpaired) electrons. The molecule has 12 nitrogen and oxygen atoms in total. The van der Waals surface area contributed by atoms with Gasteiger partial charge in [-0.25, -0.2) is 4.68 Å². The fourth-order valence-corrected chi connectivity index (χ4v) is 3.80. The van der Waals surface area contributed by atoms with E-state index < -0.39 is 0 Å². The van der Waals surface area contributed by atoms with Gasteiger partial charge >= 0.3 is 0 Å². The van der Waals surface area contributed by atoms with Gasteiger partial charge < -0.3 is 19.9 Å². The number of methoxy groups -OCH3 is 1. The zero-order chi connectivity index (χ0) is 24.5. The highest BCUT2D eigenvalue weighted by Crippen LogP contribution is 2.35. The van der Waals surface area contributed by atoms with Crippen molar-refractivity contribution in [3.63, 3.8) is 0 Å². The van der Waals surface area contributed by atoms with Crippen molar-refractivity contribution in [3.8, 4) is 23.1 Å². The van der Waals surface area contributed by atoms with E-state index in [2.05, 4.69) is 32.0 Å². The molecular formula is C23H22N10O2. The normalized spacial score (nSPS) is 14.2. The Kier molecular flexibility index (Phi) is 5.50. The summed E-state index contributed by atoms with van der Waals surface area (Å²) in [4.78, 5) is 13.3. The standard InChI is InChI=1S/C23H22N10O2/c1-14-6-7-33-22(27-14)17(10-26-33)23(34)28-18-11-32(12-20-29-25-13-31(20)2)30-21(18)16-8-15(9-24)4-5-19(16)35-3/h4-8,10-11,13-14,27H,12H2,1-3H3,(H,28,34). The predicted octanol–water partition coefficient (Wildman–Crippen LogP) is 2.34. The highest BCUT2D eigenvalue weighted by atomic mass is 16.5. The molecular weight excluding hydrogens is 448 g/mol. The largest absolute Gasteiger partial charge is 0.496 e. The van der Waals surface area contributed by atoms with E-state index in [4.69, 9.17) is 9.84 Å². The van der Waals surface area contributed by atoms with Crippen molar-refractivity contribution in [2.45, 2.75) is 19.5 Å². The fraction of sp³-hybridized carbons (Fsp3) is 0.217. The summed E-state index contributed by atoms with van der Waals surface area (Å²) in [5.74, 6) is 1.46. The molecule has 0 saturated heterocycles. The van der Waals surface area contributed by atoms with E-state index >= 15 is 0 Å². The van der Waals surface area contributed by atoms with E-state index in [1.165, 1.54) is 6.20 Å². The lowest BCUT2D eigenvalue weighted by Gasteiger charge is -2.17. The number of rotatable bonds is 6. The molecule has 5 rings (SSSR count). The van der Waals surface area contributed by atoms with Crippen molar-refractivity contribution in [1.82, 2.24) is 34.3 Å². The summed E-state index contributed by atoms with van der Waals surface area (Å²) in [6.07, 6.45) is 8.60. The highest BCUT2D eigenvalue weighted by Gasteiger charge is 2.24. The van der Waals surface area contributed by atoms with Crippen molar-refractivity contribution in [1.29, 1.82) is 5.26 Å². The number of carbonyl (C=O) groups is 1. The Morgan fingerprint density at radius 3 is 2.97 bits per heavy atom. The Hall–Kier alpha value is -4.92. The van der Waals surface area contributed by atoms with Crippen LogP contribution in [-0.4, -0.2) is 53.4 Å². The number of amides is 1. The zero-order valence-electron chi connectivity index (χ0n) is 19.3. The van der Waals surface area contributed by atoms with Gasteiger partial charge in [0.2, 0.25) is 0 Å². The van der Waals surface area contributed by atoms with Crippen LogP contribution in [0.1, 0.15) is 28.7 Å². The Morgan fingerprint density at radius 2 is 2.23 bits per heavy atom. The van der Waals surface area contributed by atoms with Crippen LogP contribution in [0.25, 0.3) is 17.5 Å². The van der Waals surface area contributed by atoms with Crippen molar-refractivity contribution in [2.24, 2.45) is 7.05 Å². The average molecular weight is 470 g/mol. The van der Waals surface area contributed by atoms with Crippen molar-refractivity contribution in [2.75, 3.05) is 17.7 Å². The number of hydrogen-bond donors (Lipinski definition) is 2. The summed E-state index contributed by atoms with van der Waals surface area (Å²) in [6.45, 7) is 2.31. The Morgan fingerprint density at radius 1 is 1.37 bits per heavy atom. The fourth-order valence-electron chi connectivity index (χ4n) is 3.80. The van der Waals surface area contributed by atoms with Gasteiger partial charge in [-0.1, -0.05) is 0 Å². The molecule has 1 aromatic carbocycles. The molecule has 4 aromatic rings. The molecule has 1 atom stereocenters. The van der Waals surface area contributed by atoms with Gasteiger partial charge in [0.25, 0.3) is 5.91 Å². The molecule has 1 aliphatic rings. The first-order valence-corrected chi connectivity index (χ1v) is 10.8. The summed E-state index contributed by atoms with van der Waals surface area (Å²) in [5.41, 5.74) is 2.31. The van der Waals surface area contributed by atoms with Crippen molar-refractivity contribution in [3.05, 3.63) is 59.9 Å². The summed E-state index contributed by atoms with van der Waals surface area (Å²) in [7, 11) is 3.38. The highest BCUT2D eigenvalue weighted by molar-refractivity contribution is 6.09. The van der Waals surface area contributed by atoms with E-state index in [0.29, 0.717) is 52.0 Å². The van der Waals surface area contributed by atoms with Crippen LogP contribution in [0.5, 0.6) is 5.75 Å². The first-order chi connectivity index (χ1) is 17.0. The van der Waals surface area contributed by atoms with Gasteiger partial charge in [-0.15, -0.1) is 10.2 Å². The minimum Gasteiger partial charge on any atom is -0.496 e. The summed E-state index contributed by atoms with van der Waals surface area (Å²) < 4.78 is 10.6. The molecule has 2 N–H and O–H groups in total. The van der Waals surface area contributed by atoms with Crippen LogP contribution in [0.15, 0.2) is 43.0 Å². The van der Waals surface area contributed by atoms with E-state index in [9.17, 15) is 10.1 Å². The van der Waals surface area contributed by atoms with Crippen LogP contribution in [0.3, 0.4) is 0 Å². The van der Waals surface area contributed by atoms with Gasteiger partial charge in [-0.2, -0.15) is 15.5 Å². The number of anilines is 2. The summed E-state index contributed by atoms with van der Waals surface area (Å²) in [5, 5.41) is 32.6. The lowest BCUT2D eigenvalue weighted by molar-refractivity contribution is 0.102. The second kappa shape index (κ2) is 8.79. The zero-order valence-corrected chi connectivity index (χ0v) is 19.3. The lowest BCUT2D eigenvalue weighted by atomic mass is 10.1. The average Bonchev–Trinajstić information content (AvgIpc) is 3.57. The number of carbonyl (C=O) groups excluding carboxylic acids is 1. The van der Waals surface area contributed by atoms with Crippen molar-refractivity contribution >= 4 is 23.6 Å². The van der Waals surface area contributed by atoms with Crippen LogP contribution < -0.4 is 15.4 Å². The van der Waals surface area contributed by atoms with Crippen LogP contribution in [0, 0.1) is 11.3 Å². The summed E-state index contributed by atoms with van der Waals surface area (Å²) in [6, 6.07) is 7.24. The maximum absolute atomic E-state index is 13.3. The second-order valence-electron chi connectivity index (χ2n) is 8.05. The minimum absolute atomic E-state index is 0.0634. The molecule has 0 aliphatic carbocycles. The van der Waals surface area contributed by atoms with Gasteiger partial charge in [-0.3, -0.25) is 9.48 Å². The lowest BCUT2D eigenvalue weighted by Crippen LogP contribution is -2.22. The molecule has 3 aromatic heterocycles. The molecule has 35 heavy (non-hydrogen) atoms. The molecule has 1 aliphatic heterocycles. The van der Waals surface area contributed by atoms with E-state index in [0.717, 1.165) is 0 Å². The Bertz CT molecular complexity index is 1490. The number of nitriles is 1. The number of ether oxygens (including phenoxy) is 1. The molecule has 0 spiro atoms. The number of benzene rings is 1. The van der Waals surface area contributed by atoms with E-state index in [-0.39, 0.29) is 11.9 Å². The van der Waals surface area contributed by atoms with Crippen LogP contribution in [0.4, 0.5) is 11.5 Å². The van der Waals surface area contributed by atoms with Gasteiger partial charge in [0.1, 0.15) is 35.7 Å². The minimum atomic E-state index is -0.351. The molecule has 0 saturated carbocycles. The number of fused-ring (bicyclic) bond motifs is 1. The third-order valence-corrected chi connectivity index (χ3v) is 5.62. The smallest absolute Gasteiger partial charge is 0.261 e. The van der Waals surface area contributed by atoms with Gasteiger partial charge in [0.05, 0.1) is 30.6 Å². The maximum Gasteiger partial charge on any atom is 0.261 e. The summed E-state index contributed by atoms with van der Waals surface area (Å²) >= 11 is 0. The quantitative estimate of drug-likeness (QED) is 0.438. The first kappa shape index (κ1) is 21.9. The molecule has 0 fully saturated rings. The number of nitrogens with zero attached hydrogens (tertiary/aromatic N) is 8. The second-order valence-corrected chi connectivity index (χ2v) is 8.05.